The maximum Gasteiger partial charge on any atom is 0.137 e. The largest absolute Gasteiger partial charge is 0.379 e. The molecule has 94 valence electrons. The van der Waals surface area contributed by atoms with Gasteiger partial charge in [-0.25, -0.2) is 4.39 Å². The average molecular weight is 420 g/mol. The van der Waals surface area contributed by atoms with Crippen molar-refractivity contribution in [2.75, 3.05) is 5.32 Å². The number of rotatable bonds is 3. The summed E-state index contributed by atoms with van der Waals surface area (Å²) in [5.41, 5.74) is 2.10. The van der Waals surface area contributed by atoms with Gasteiger partial charge in [-0.2, -0.15) is 0 Å². The van der Waals surface area contributed by atoms with Crippen molar-refractivity contribution in [1.29, 1.82) is 0 Å². The third-order valence-electron chi connectivity index (χ3n) is 2.67. The molecule has 1 N–H and O–H groups in total. The molecular formula is C14H12BrFIN. The van der Waals surface area contributed by atoms with E-state index in [1.807, 2.05) is 12.1 Å². The fourth-order valence-corrected chi connectivity index (χ4v) is 2.42. The Morgan fingerprint density at radius 1 is 1.17 bits per heavy atom. The fourth-order valence-electron chi connectivity index (χ4n) is 1.66. The van der Waals surface area contributed by atoms with Gasteiger partial charge in [-0.1, -0.05) is 6.07 Å². The maximum absolute atomic E-state index is 13.2. The molecule has 1 atom stereocenters. The lowest BCUT2D eigenvalue weighted by Gasteiger charge is -2.16. The molecule has 0 bridgehead atoms. The standard InChI is InChI=1S/C14H12BrFIN/c1-9(10-2-7-14(16)13(15)8-10)18-12-5-3-11(17)4-6-12/h2-9,18H,1H3. The molecule has 2 aromatic carbocycles. The van der Waals surface area contributed by atoms with Crippen LogP contribution >= 0.6 is 38.5 Å². The van der Waals surface area contributed by atoms with Crippen LogP contribution in [-0.4, -0.2) is 0 Å². The van der Waals surface area contributed by atoms with Crippen molar-refractivity contribution in [3.63, 3.8) is 0 Å². The third kappa shape index (κ3) is 3.45. The van der Waals surface area contributed by atoms with Crippen LogP contribution in [0.15, 0.2) is 46.9 Å². The molecule has 0 radical (unpaired) electrons. The van der Waals surface area contributed by atoms with E-state index >= 15 is 0 Å². The van der Waals surface area contributed by atoms with E-state index in [0.717, 1.165) is 11.3 Å². The van der Waals surface area contributed by atoms with Crippen LogP contribution in [0.4, 0.5) is 10.1 Å². The Kier molecular flexibility index (Phi) is 4.61. The SMILES string of the molecule is CC(Nc1ccc(I)cc1)c1ccc(F)c(Br)c1. The highest BCUT2D eigenvalue weighted by Crippen LogP contribution is 2.24. The summed E-state index contributed by atoms with van der Waals surface area (Å²) in [7, 11) is 0. The van der Waals surface area contributed by atoms with Crippen molar-refractivity contribution < 1.29 is 4.39 Å². The molecule has 18 heavy (non-hydrogen) atoms. The van der Waals surface area contributed by atoms with E-state index < -0.39 is 0 Å². The van der Waals surface area contributed by atoms with Crippen LogP contribution in [0, 0.1) is 9.39 Å². The summed E-state index contributed by atoms with van der Waals surface area (Å²) in [6, 6.07) is 13.4. The van der Waals surface area contributed by atoms with E-state index in [-0.39, 0.29) is 11.9 Å². The molecule has 1 nitrogen and oxygen atoms in total. The molecule has 0 saturated heterocycles. The van der Waals surface area contributed by atoms with Gasteiger partial charge >= 0.3 is 0 Å². The molecule has 2 rings (SSSR count). The Hall–Kier alpha value is -0.620. The Labute approximate surface area is 128 Å². The quantitative estimate of drug-likeness (QED) is 0.660. The van der Waals surface area contributed by atoms with E-state index in [2.05, 4.69) is 62.9 Å². The second-order valence-corrected chi connectivity index (χ2v) is 6.15. The van der Waals surface area contributed by atoms with Crippen LogP contribution in [0.1, 0.15) is 18.5 Å². The molecule has 0 aliphatic heterocycles. The lowest BCUT2D eigenvalue weighted by molar-refractivity contribution is 0.619. The lowest BCUT2D eigenvalue weighted by atomic mass is 10.1. The first kappa shape index (κ1) is 13.8. The summed E-state index contributed by atoms with van der Waals surface area (Å²) in [4.78, 5) is 0. The second-order valence-electron chi connectivity index (χ2n) is 4.05. The molecule has 1 unspecified atom stereocenters. The molecule has 0 aliphatic carbocycles. The first-order valence-corrected chi connectivity index (χ1v) is 7.40. The van der Waals surface area contributed by atoms with Gasteiger partial charge in [0.1, 0.15) is 5.82 Å². The Balaban J connectivity index is 2.13. The molecule has 0 heterocycles. The highest BCUT2D eigenvalue weighted by Gasteiger charge is 2.07. The third-order valence-corrected chi connectivity index (χ3v) is 4.00. The summed E-state index contributed by atoms with van der Waals surface area (Å²) in [5, 5.41) is 3.39. The fraction of sp³-hybridized carbons (Fsp3) is 0.143. The van der Waals surface area contributed by atoms with Crippen LogP contribution < -0.4 is 5.32 Å². The monoisotopic (exact) mass is 419 g/mol. The van der Waals surface area contributed by atoms with Crippen LogP contribution in [0.5, 0.6) is 0 Å². The number of hydrogen-bond donors (Lipinski definition) is 1. The van der Waals surface area contributed by atoms with Gasteiger partial charge in [-0.15, -0.1) is 0 Å². The normalized spacial score (nSPS) is 12.2. The van der Waals surface area contributed by atoms with Gasteiger partial charge in [0.15, 0.2) is 0 Å². The van der Waals surface area contributed by atoms with Gasteiger partial charge in [-0.05, 0) is 87.4 Å². The Morgan fingerprint density at radius 3 is 2.44 bits per heavy atom. The summed E-state index contributed by atoms with van der Waals surface area (Å²) >= 11 is 5.48. The summed E-state index contributed by atoms with van der Waals surface area (Å²) in [6.07, 6.45) is 0. The molecule has 0 amide bonds. The Bertz CT molecular complexity index is 542. The van der Waals surface area contributed by atoms with Crippen molar-refractivity contribution in [2.24, 2.45) is 0 Å². The average Bonchev–Trinajstić information content (AvgIpc) is 2.35. The topological polar surface area (TPSA) is 12.0 Å². The molecular weight excluding hydrogens is 408 g/mol. The highest BCUT2D eigenvalue weighted by atomic mass is 127. The number of benzene rings is 2. The first-order valence-electron chi connectivity index (χ1n) is 5.53. The summed E-state index contributed by atoms with van der Waals surface area (Å²) < 4.78 is 14.9. The zero-order valence-electron chi connectivity index (χ0n) is 9.75. The minimum absolute atomic E-state index is 0.127. The highest BCUT2D eigenvalue weighted by molar-refractivity contribution is 14.1. The minimum atomic E-state index is -0.236. The van der Waals surface area contributed by atoms with Crippen LogP contribution in [0.3, 0.4) is 0 Å². The molecule has 0 fully saturated rings. The second kappa shape index (κ2) is 6.02. The number of hydrogen-bond acceptors (Lipinski definition) is 1. The molecule has 0 aliphatic rings. The molecule has 0 saturated carbocycles. The molecule has 0 aromatic heterocycles. The summed E-state index contributed by atoms with van der Waals surface area (Å²) in [5.74, 6) is -0.236. The van der Waals surface area contributed by atoms with E-state index in [1.165, 1.54) is 9.64 Å². The van der Waals surface area contributed by atoms with Gasteiger partial charge in [0.05, 0.1) is 4.47 Å². The van der Waals surface area contributed by atoms with E-state index in [9.17, 15) is 4.39 Å². The smallest absolute Gasteiger partial charge is 0.137 e. The van der Waals surface area contributed by atoms with Gasteiger partial charge in [0.2, 0.25) is 0 Å². The van der Waals surface area contributed by atoms with E-state index in [4.69, 9.17) is 0 Å². The first-order chi connectivity index (χ1) is 8.56. The van der Waals surface area contributed by atoms with Gasteiger partial charge in [0, 0.05) is 15.3 Å². The predicted molar refractivity (Wildman–Crippen MR) is 85.3 cm³/mol. The van der Waals surface area contributed by atoms with Crippen molar-refractivity contribution in [1.82, 2.24) is 0 Å². The predicted octanol–water partition coefficient (Wildman–Crippen LogP) is 5.37. The zero-order chi connectivity index (χ0) is 13.1. The molecule has 0 spiro atoms. The number of halogens is 3. The van der Waals surface area contributed by atoms with Crippen LogP contribution in [0.2, 0.25) is 0 Å². The van der Waals surface area contributed by atoms with Gasteiger partial charge in [-0.3, -0.25) is 0 Å². The van der Waals surface area contributed by atoms with Crippen LogP contribution in [0.25, 0.3) is 0 Å². The maximum atomic E-state index is 13.2. The van der Waals surface area contributed by atoms with Crippen molar-refractivity contribution in [3.8, 4) is 0 Å². The van der Waals surface area contributed by atoms with E-state index in [1.54, 1.807) is 12.1 Å². The van der Waals surface area contributed by atoms with Crippen molar-refractivity contribution in [3.05, 3.63) is 61.9 Å². The van der Waals surface area contributed by atoms with Crippen LogP contribution in [-0.2, 0) is 0 Å². The van der Waals surface area contributed by atoms with Gasteiger partial charge in [0.25, 0.3) is 0 Å². The van der Waals surface area contributed by atoms with Crippen molar-refractivity contribution in [2.45, 2.75) is 13.0 Å². The molecule has 4 heteroatoms. The molecule has 2 aromatic rings. The van der Waals surface area contributed by atoms with Crippen molar-refractivity contribution >= 4 is 44.2 Å². The van der Waals surface area contributed by atoms with Gasteiger partial charge < -0.3 is 5.32 Å². The van der Waals surface area contributed by atoms with E-state index in [0.29, 0.717) is 4.47 Å². The lowest BCUT2D eigenvalue weighted by Crippen LogP contribution is -2.06. The Morgan fingerprint density at radius 2 is 1.83 bits per heavy atom. The number of nitrogens with one attached hydrogen (secondary N) is 1. The minimum Gasteiger partial charge on any atom is -0.379 e. The number of anilines is 1. The summed E-state index contributed by atoms with van der Waals surface area (Å²) in [6.45, 7) is 2.05. The zero-order valence-corrected chi connectivity index (χ0v) is 13.5.